The molecule has 0 amide bonds. The van der Waals surface area contributed by atoms with Crippen LogP contribution in [-0.4, -0.2) is 44.4 Å². The van der Waals surface area contributed by atoms with E-state index in [1.54, 1.807) is 36.4 Å². The molecule has 5 aromatic rings. The summed E-state index contributed by atoms with van der Waals surface area (Å²) in [4.78, 5) is 16.7. The second-order valence-electron chi connectivity index (χ2n) is 10.2. The smallest absolute Gasteiger partial charge is 0.337 e. The van der Waals surface area contributed by atoms with Gasteiger partial charge in [0.2, 0.25) is 10.0 Å². The van der Waals surface area contributed by atoms with Gasteiger partial charge in [-0.15, -0.1) is 0 Å². The minimum absolute atomic E-state index is 0.366. The standard InChI is InChI=1S/C34H29Cl2N3O5S/c1-43-32-16-13-26(18-30(32)38-45(3,41)42)24-9-4-22(5-10-24)8-17-33-37-31(28-15-14-27(35)19-29(28)36)21-39(33)20-23-6-11-25(12-7-23)34(40)44-2/h4-19,21,38H,20H2,1-3H3/b17-8+. The molecule has 45 heavy (non-hydrogen) atoms. The van der Waals surface area contributed by atoms with Gasteiger partial charge in [0.15, 0.2) is 0 Å². The van der Waals surface area contributed by atoms with Gasteiger partial charge >= 0.3 is 5.97 Å². The summed E-state index contributed by atoms with van der Waals surface area (Å²) in [5.41, 5.74) is 5.92. The highest BCUT2D eigenvalue weighted by molar-refractivity contribution is 7.92. The number of carbonyl (C=O) groups excluding carboxylic acids is 1. The fraction of sp³-hybridized carbons (Fsp3) is 0.118. The molecule has 0 fully saturated rings. The van der Waals surface area contributed by atoms with E-state index < -0.39 is 16.0 Å². The number of carbonyl (C=O) groups is 1. The molecule has 0 atom stereocenters. The summed E-state index contributed by atoms with van der Waals surface area (Å²) in [5, 5.41) is 1.03. The number of imidazole rings is 1. The quantitative estimate of drug-likeness (QED) is 0.153. The Morgan fingerprint density at radius 2 is 1.62 bits per heavy atom. The number of anilines is 1. The summed E-state index contributed by atoms with van der Waals surface area (Å²) in [6, 6.07) is 25.7. The van der Waals surface area contributed by atoms with Crippen LogP contribution in [0, 0.1) is 0 Å². The summed E-state index contributed by atoms with van der Waals surface area (Å²) < 4.78 is 38.3. The van der Waals surface area contributed by atoms with Crippen molar-refractivity contribution in [3.05, 3.63) is 124 Å². The van der Waals surface area contributed by atoms with Crippen LogP contribution < -0.4 is 9.46 Å². The lowest BCUT2D eigenvalue weighted by Crippen LogP contribution is -2.10. The third-order valence-corrected chi connectivity index (χ3v) is 8.04. The molecule has 0 aliphatic rings. The minimum Gasteiger partial charge on any atom is -0.495 e. The molecule has 0 bridgehead atoms. The van der Waals surface area contributed by atoms with Gasteiger partial charge in [-0.25, -0.2) is 18.2 Å². The predicted octanol–water partition coefficient (Wildman–Crippen LogP) is 7.91. The first-order valence-electron chi connectivity index (χ1n) is 13.7. The Labute approximate surface area is 271 Å². The van der Waals surface area contributed by atoms with E-state index in [4.69, 9.17) is 37.7 Å². The molecule has 230 valence electrons. The van der Waals surface area contributed by atoms with E-state index in [1.807, 2.05) is 71.4 Å². The van der Waals surface area contributed by atoms with Crippen molar-refractivity contribution < 1.29 is 22.7 Å². The number of rotatable bonds is 10. The van der Waals surface area contributed by atoms with Crippen molar-refractivity contribution in [2.45, 2.75) is 6.54 Å². The molecular formula is C34H29Cl2N3O5S. The SMILES string of the molecule is COC(=O)c1ccc(Cn2cc(-c3ccc(Cl)cc3Cl)nc2/C=C/c2ccc(-c3ccc(OC)c(NS(C)(=O)=O)c3)cc2)cc1. The van der Waals surface area contributed by atoms with Crippen LogP contribution in [0.4, 0.5) is 5.69 Å². The number of halogens is 2. The van der Waals surface area contributed by atoms with Crippen LogP contribution in [0.25, 0.3) is 34.5 Å². The average Bonchev–Trinajstić information content (AvgIpc) is 3.41. The predicted molar refractivity (Wildman–Crippen MR) is 180 cm³/mol. The molecule has 0 saturated carbocycles. The normalized spacial score (nSPS) is 11.5. The molecule has 8 nitrogen and oxygen atoms in total. The van der Waals surface area contributed by atoms with Gasteiger partial charge in [0, 0.05) is 23.3 Å². The maximum absolute atomic E-state index is 11.9. The van der Waals surface area contributed by atoms with Crippen molar-refractivity contribution >= 4 is 57.0 Å². The van der Waals surface area contributed by atoms with Crippen LogP contribution in [0.15, 0.2) is 91.1 Å². The number of aromatic nitrogens is 2. The van der Waals surface area contributed by atoms with E-state index in [9.17, 15) is 13.2 Å². The molecule has 0 aliphatic carbocycles. The Bertz CT molecular complexity index is 1990. The lowest BCUT2D eigenvalue weighted by molar-refractivity contribution is 0.0600. The number of nitrogens with zero attached hydrogens (tertiary/aromatic N) is 2. The number of hydrogen-bond acceptors (Lipinski definition) is 6. The van der Waals surface area contributed by atoms with Gasteiger partial charge < -0.3 is 14.0 Å². The van der Waals surface area contributed by atoms with Gasteiger partial charge in [0.05, 0.1) is 42.4 Å². The number of benzene rings is 4. The maximum Gasteiger partial charge on any atom is 0.337 e. The van der Waals surface area contributed by atoms with Gasteiger partial charge in [0.1, 0.15) is 11.6 Å². The van der Waals surface area contributed by atoms with Crippen molar-refractivity contribution in [1.29, 1.82) is 0 Å². The molecule has 0 unspecified atom stereocenters. The topological polar surface area (TPSA) is 99.5 Å². The van der Waals surface area contributed by atoms with Gasteiger partial charge in [-0.2, -0.15) is 0 Å². The van der Waals surface area contributed by atoms with Gasteiger partial charge in [0.25, 0.3) is 0 Å². The number of esters is 1. The molecule has 11 heteroatoms. The van der Waals surface area contributed by atoms with E-state index in [0.29, 0.717) is 45.1 Å². The molecule has 0 spiro atoms. The second-order valence-corrected chi connectivity index (χ2v) is 12.8. The van der Waals surface area contributed by atoms with Gasteiger partial charge in [-0.05, 0) is 70.8 Å². The Morgan fingerprint density at radius 1 is 0.911 bits per heavy atom. The third kappa shape index (κ3) is 7.94. The highest BCUT2D eigenvalue weighted by Gasteiger charge is 2.13. The minimum atomic E-state index is -3.48. The monoisotopic (exact) mass is 661 g/mol. The van der Waals surface area contributed by atoms with E-state index in [2.05, 4.69) is 4.72 Å². The van der Waals surface area contributed by atoms with Crippen molar-refractivity contribution in [1.82, 2.24) is 9.55 Å². The molecular weight excluding hydrogens is 633 g/mol. The molecule has 1 heterocycles. The van der Waals surface area contributed by atoms with E-state index in [1.165, 1.54) is 14.2 Å². The second kappa shape index (κ2) is 13.6. The van der Waals surface area contributed by atoms with Crippen LogP contribution >= 0.6 is 23.2 Å². The zero-order chi connectivity index (χ0) is 32.1. The molecule has 0 saturated heterocycles. The fourth-order valence-electron chi connectivity index (χ4n) is 4.70. The Morgan fingerprint density at radius 3 is 2.27 bits per heavy atom. The lowest BCUT2D eigenvalue weighted by atomic mass is 10.0. The molecule has 4 aromatic carbocycles. The summed E-state index contributed by atoms with van der Waals surface area (Å²) in [6.07, 6.45) is 6.91. The van der Waals surface area contributed by atoms with Crippen molar-refractivity contribution in [2.24, 2.45) is 0 Å². The van der Waals surface area contributed by atoms with Crippen LogP contribution in [0.5, 0.6) is 5.75 Å². The number of methoxy groups -OCH3 is 2. The van der Waals surface area contributed by atoms with Gasteiger partial charge in [-0.1, -0.05) is 71.7 Å². The highest BCUT2D eigenvalue weighted by atomic mass is 35.5. The lowest BCUT2D eigenvalue weighted by Gasteiger charge is -2.12. The Hall–Kier alpha value is -4.57. The average molecular weight is 663 g/mol. The van der Waals surface area contributed by atoms with Crippen LogP contribution in [0.2, 0.25) is 10.0 Å². The number of hydrogen-bond donors (Lipinski definition) is 1. The number of sulfonamides is 1. The van der Waals surface area contributed by atoms with Crippen molar-refractivity contribution in [3.8, 4) is 28.1 Å². The van der Waals surface area contributed by atoms with Gasteiger partial charge in [-0.3, -0.25) is 4.72 Å². The third-order valence-electron chi connectivity index (χ3n) is 6.91. The van der Waals surface area contributed by atoms with E-state index >= 15 is 0 Å². The first-order valence-corrected chi connectivity index (χ1v) is 16.3. The van der Waals surface area contributed by atoms with E-state index in [-0.39, 0.29) is 0 Å². The summed E-state index contributed by atoms with van der Waals surface area (Å²) in [5.74, 6) is 0.734. The first-order chi connectivity index (χ1) is 21.5. The fourth-order valence-corrected chi connectivity index (χ4v) is 5.77. The molecule has 5 rings (SSSR count). The molecule has 1 N–H and O–H groups in total. The van der Waals surface area contributed by atoms with Crippen LogP contribution in [0.1, 0.15) is 27.3 Å². The number of nitrogens with one attached hydrogen (secondary N) is 1. The summed E-state index contributed by atoms with van der Waals surface area (Å²) in [7, 11) is -0.637. The summed E-state index contributed by atoms with van der Waals surface area (Å²) >= 11 is 12.6. The zero-order valence-corrected chi connectivity index (χ0v) is 27.0. The zero-order valence-electron chi connectivity index (χ0n) is 24.6. The first kappa shape index (κ1) is 31.8. The largest absolute Gasteiger partial charge is 0.495 e. The maximum atomic E-state index is 11.9. The number of ether oxygens (including phenoxy) is 2. The van der Waals surface area contributed by atoms with E-state index in [0.717, 1.165) is 34.1 Å². The molecule has 0 radical (unpaired) electrons. The van der Waals surface area contributed by atoms with Crippen molar-refractivity contribution in [3.63, 3.8) is 0 Å². The van der Waals surface area contributed by atoms with Crippen molar-refractivity contribution in [2.75, 3.05) is 25.2 Å². The summed E-state index contributed by atoms with van der Waals surface area (Å²) in [6.45, 7) is 0.500. The Kier molecular flexibility index (Phi) is 9.63. The molecule has 0 aliphatic heterocycles. The van der Waals surface area contributed by atoms with Crippen LogP contribution in [0.3, 0.4) is 0 Å². The van der Waals surface area contributed by atoms with Crippen LogP contribution in [-0.2, 0) is 21.3 Å². The Balaban J connectivity index is 1.43. The molecule has 1 aromatic heterocycles. The highest BCUT2D eigenvalue weighted by Crippen LogP contribution is 2.32.